The maximum Gasteiger partial charge on any atom is 0.0166 e. The number of hydrogen-bond acceptors (Lipinski definition) is 1. The lowest BCUT2D eigenvalue weighted by atomic mass is 10.1. The van der Waals surface area contributed by atoms with E-state index in [0.717, 1.165) is 6.54 Å². The van der Waals surface area contributed by atoms with E-state index in [1.165, 1.54) is 5.57 Å². The van der Waals surface area contributed by atoms with E-state index >= 15 is 0 Å². The van der Waals surface area contributed by atoms with Crippen LogP contribution in [0.1, 0.15) is 41.5 Å². The first-order chi connectivity index (χ1) is 5.31. The van der Waals surface area contributed by atoms with Gasteiger partial charge in [0.15, 0.2) is 0 Å². The van der Waals surface area contributed by atoms with Gasteiger partial charge in [-0.1, -0.05) is 25.5 Å². The molecule has 0 saturated heterocycles. The second kappa shape index (κ2) is 4.66. The number of allylic oxidation sites excluding steroid dienone is 1. The molecule has 12 heavy (non-hydrogen) atoms. The van der Waals surface area contributed by atoms with E-state index in [0.29, 0.717) is 5.92 Å². The summed E-state index contributed by atoms with van der Waals surface area (Å²) < 4.78 is 0. The van der Waals surface area contributed by atoms with Gasteiger partial charge >= 0.3 is 0 Å². The Labute approximate surface area is 77.2 Å². The van der Waals surface area contributed by atoms with Crippen molar-refractivity contribution in [3.63, 3.8) is 0 Å². The monoisotopic (exact) mass is 169 g/mol. The summed E-state index contributed by atoms with van der Waals surface area (Å²) in [6, 6.07) is 0. The highest BCUT2D eigenvalue weighted by atomic mass is 14.9. The zero-order valence-electron chi connectivity index (χ0n) is 9.36. The minimum Gasteiger partial charge on any atom is -0.308 e. The van der Waals surface area contributed by atoms with Crippen LogP contribution in [0.2, 0.25) is 0 Å². The fraction of sp³-hybridized carbons (Fsp3) is 0.818. The summed E-state index contributed by atoms with van der Waals surface area (Å²) in [6.45, 7) is 14.2. The molecule has 0 aromatic heterocycles. The molecule has 1 heteroatoms. The lowest BCUT2D eigenvalue weighted by Crippen LogP contribution is -2.36. The number of hydrogen-bond donors (Lipinski definition) is 1. The Hall–Kier alpha value is -0.300. The first-order valence-corrected chi connectivity index (χ1v) is 4.73. The van der Waals surface area contributed by atoms with Crippen molar-refractivity contribution in [1.29, 1.82) is 0 Å². The lowest BCUT2D eigenvalue weighted by molar-refractivity contribution is 0.444. The SMILES string of the molecule is CC(=CC(C)C)CNC(C)(C)C. The van der Waals surface area contributed by atoms with Crippen LogP contribution in [0.25, 0.3) is 0 Å². The second-order valence-corrected chi connectivity index (χ2v) is 4.86. The van der Waals surface area contributed by atoms with Crippen LogP contribution in [0.5, 0.6) is 0 Å². The van der Waals surface area contributed by atoms with Crippen LogP contribution in [0.3, 0.4) is 0 Å². The second-order valence-electron chi connectivity index (χ2n) is 4.86. The molecule has 0 heterocycles. The standard InChI is InChI=1S/C11H23N/c1-9(2)7-10(3)8-12-11(4,5)6/h7,9,12H,8H2,1-6H3. The van der Waals surface area contributed by atoms with Crippen molar-refractivity contribution in [2.24, 2.45) is 5.92 Å². The predicted octanol–water partition coefficient (Wildman–Crippen LogP) is 2.98. The maximum atomic E-state index is 3.46. The van der Waals surface area contributed by atoms with E-state index < -0.39 is 0 Å². The molecular formula is C11H23N. The van der Waals surface area contributed by atoms with Crippen LogP contribution in [0.4, 0.5) is 0 Å². The number of rotatable bonds is 3. The normalized spacial score (nSPS) is 14.1. The maximum absolute atomic E-state index is 3.46. The summed E-state index contributed by atoms with van der Waals surface area (Å²) in [4.78, 5) is 0. The van der Waals surface area contributed by atoms with Crippen molar-refractivity contribution in [3.05, 3.63) is 11.6 Å². The van der Waals surface area contributed by atoms with Crippen molar-refractivity contribution in [2.75, 3.05) is 6.54 Å². The van der Waals surface area contributed by atoms with Gasteiger partial charge < -0.3 is 5.32 Å². The van der Waals surface area contributed by atoms with Crippen molar-refractivity contribution >= 4 is 0 Å². The Balaban J connectivity index is 3.79. The summed E-state index contributed by atoms with van der Waals surface area (Å²) in [5.41, 5.74) is 1.66. The first kappa shape index (κ1) is 11.7. The van der Waals surface area contributed by atoms with Gasteiger partial charge in [-0.25, -0.2) is 0 Å². The average molecular weight is 169 g/mol. The third-order valence-corrected chi connectivity index (χ3v) is 1.52. The molecule has 0 unspecified atom stereocenters. The van der Waals surface area contributed by atoms with E-state index in [9.17, 15) is 0 Å². The van der Waals surface area contributed by atoms with Gasteiger partial charge in [-0.2, -0.15) is 0 Å². The summed E-state index contributed by atoms with van der Waals surface area (Å²) >= 11 is 0. The summed E-state index contributed by atoms with van der Waals surface area (Å²) in [5.74, 6) is 0.659. The predicted molar refractivity (Wildman–Crippen MR) is 56.4 cm³/mol. The van der Waals surface area contributed by atoms with Crippen LogP contribution < -0.4 is 5.32 Å². The molecule has 1 nitrogen and oxygen atoms in total. The summed E-state index contributed by atoms with van der Waals surface area (Å²) in [6.07, 6.45) is 2.30. The van der Waals surface area contributed by atoms with Crippen molar-refractivity contribution in [2.45, 2.75) is 47.1 Å². The largest absolute Gasteiger partial charge is 0.308 e. The fourth-order valence-electron chi connectivity index (χ4n) is 1.03. The highest BCUT2D eigenvalue weighted by molar-refractivity contribution is 5.02. The molecule has 0 aromatic carbocycles. The molecule has 0 aliphatic carbocycles. The third kappa shape index (κ3) is 7.80. The van der Waals surface area contributed by atoms with E-state index in [-0.39, 0.29) is 5.54 Å². The molecule has 1 N–H and O–H groups in total. The highest BCUT2D eigenvalue weighted by Gasteiger charge is 2.07. The van der Waals surface area contributed by atoms with E-state index in [1.54, 1.807) is 0 Å². The Bertz CT molecular complexity index is 149. The fourth-order valence-corrected chi connectivity index (χ4v) is 1.03. The molecule has 0 aliphatic rings. The van der Waals surface area contributed by atoms with Gasteiger partial charge in [-0.3, -0.25) is 0 Å². The Kier molecular flexibility index (Phi) is 4.54. The van der Waals surface area contributed by atoms with Crippen molar-refractivity contribution < 1.29 is 0 Å². The van der Waals surface area contributed by atoms with Gasteiger partial charge in [0, 0.05) is 12.1 Å². The minimum absolute atomic E-state index is 0.228. The van der Waals surface area contributed by atoms with Gasteiger partial charge in [-0.15, -0.1) is 0 Å². The molecule has 0 radical (unpaired) electrons. The van der Waals surface area contributed by atoms with E-state index in [1.807, 2.05) is 0 Å². The summed E-state index contributed by atoms with van der Waals surface area (Å²) in [5, 5.41) is 3.46. The molecule has 0 aromatic rings. The lowest BCUT2D eigenvalue weighted by Gasteiger charge is -2.20. The molecular weight excluding hydrogens is 146 g/mol. The van der Waals surface area contributed by atoms with Gasteiger partial charge in [-0.05, 0) is 33.6 Å². The van der Waals surface area contributed by atoms with E-state index in [4.69, 9.17) is 0 Å². The molecule has 0 amide bonds. The zero-order valence-corrected chi connectivity index (χ0v) is 9.36. The summed E-state index contributed by atoms with van der Waals surface area (Å²) in [7, 11) is 0. The minimum atomic E-state index is 0.228. The smallest absolute Gasteiger partial charge is 0.0166 e. The molecule has 0 saturated carbocycles. The number of nitrogens with one attached hydrogen (secondary N) is 1. The molecule has 0 rings (SSSR count). The Morgan fingerprint density at radius 2 is 1.83 bits per heavy atom. The van der Waals surface area contributed by atoms with Crippen LogP contribution in [0, 0.1) is 5.92 Å². The van der Waals surface area contributed by atoms with Crippen molar-refractivity contribution in [1.82, 2.24) is 5.32 Å². The van der Waals surface area contributed by atoms with Crippen molar-refractivity contribution in [3.8, 4) is 0 Å². The molecule has 0 fully saturated rings. The zero-order chi connectivity index (χ0) is 9.78. The Morgan fingerprint density at radius 3 is 2.17 bits per heavy atom. The highest BCUT2D eigenvalue weighted by Crippen LogP contribution is 2.03. The van der Waals surface area contributed by atoms with Gasteiger partial charge in [0.05, 0.1) is 0 Å². The van der Waals surface area contributed by atoms with Gasteiger partial charge in [0.2, 0.25) is 0 Å². The molecule has 0 aliphatic heterocycles. The van der Waals surface area contributed by atoms with Crippen LogP contribution in [-0.2, 0) is 0 Å². The quantitative estimate of drug-likeness (QED) is 0.640. The average Bonchev–Trinajstić information content (AvgIpc) is 1.80. The third-order valence-electron chi connectivity index (χ3n) is 1.52. The first-order valence-electron chi connectivity index (χ1n) is 4.73. The van der Waals surface area contributed by atoms with Crippen LogP contribution >= 0.6 is 0 Å². The van der Waals surface area contributed by atoms with Crippen LogP contribution in [-0.4, -0.2) is 12.1 Å². The molecule has 0 bridgehead atoms. The van der Waals surface area contributed by atoms with Gasteiger partial charge in [0.25, 0.3) is 0 Å². The van der Waals surface area contributed by atoms with Crippen LogP contribution in [0.15, 0.2) is 11.6 Å². The molecule has 72 valence electrons. The molecule has 0 spiro atoms. The Morgan fingerprint density at radius 1 is 1.33 bits per heavy atom. The topological polar surface area (TPSA) is 12.0 Å². The van der Waals surface area contributed by atoms with Gasteiger partial charge in [0.1, 0.15) is 0 Å². The van der Waals surface area contributed by atoms with E-state index in [2.05, 4.69) is 52.9 Å². The molecule has 0 atom stereocenters.